The third-order valence-electron chi connectivity index (χ3n) is 5.98. The van der Waals surface area contributed by atoms with Gasteiger partial charge in [0.1, 0.15) is 18.0 Å². The smallest absolute Gasteiger partial charge is 0.410 e. The molecule has 0 aliphatic carbocycles. The SMILES string of the molecule is CC(C)(C)OC(=O)N1[C@@H]2CC[C@@H]1CC(Nc1ncnc(Nc3ccccc3C#N)c1[N+](=O)[O-])C2. The predicted octanol–water partition coefficient (Wildman–Crippen LogP) is 4.34. The average Bonchev–Trinajstić information content (AvgIpc) is 3.04. The van der Waals surface area contributed by atoms with E-state index in [1.54, 1.807) is 24.3 Å². The van der Waals surface area contributed by atoms with E-state index in [0.717, 1.165) is 12.8 Å². The second kappa shape index (κ2) is 9.13. The topological polar surface area (TPSA) is 146 Å². The Morgan fingerprint density at radius 2 is 1.85 bits per heavy atom. The van der Waals surface area contributed by atoms with E-state index in [2.05, 4.69) is 26.7 Å². The lowest BCUT2D eigenvalue weighted by atomic mass is 9.97. The molecule has 0 unspecified atom stereocenters. The lowest BCUT2D eigenvalue weighted by Crippen LogP contribution is -2.51. The number of para-hydroxylation sites is 1. The zero-order chi connectivity index (χ0) is 24.5. The Labute approximate surface area is 197 Å². The summed E-state index contributed by atoms with van der Waals surface area (Å²) in [5.74, 6) is 0.103. The minimum atomic E-state index is -0.569. The fraction of sp³-hybridized carbons (Fsp3) is 0.478. The molecule has 4 rings (SSSR count). The maximum atomic E-state index is 12.7. The van der Waals surface area contributed by atoms with E-state index >= 15 is 0 Å². The molecule has 1 amide bonds. The van der Waals surface area contributed by atoms with Gasteiger partial charge >= 0.3 is 11.8 Å². The highest BCUT2D eigenvalue weighted by atomic mass is 16.6. The van der Waals surface area contributed by atoms with Crippen LogP contribution in [0.1, 0.15) is 52.0 Å². The Bertz CT molecular complexity index is 1130. The van der Waals surface area contributed by atoms with Crippen molar-refractivity contribution < 1.29 is 14.5 Å². The number of carbonyl (C=O) groups is 1. The molecule has 178 valence electrons. The molecule has 34 heavy (non-hydrogen) atoms. The Balaban J connectivity index is 1.53. The third-order valence-corrected chi connectivity index (χ3v) is 5.98. The fourth-order valence-electron chi connectivity index (χ4n) is 4.67. The number of rotatable bonds is 5. The summed E-state index contributed by atoms with van der Waals surface area (Å²) in [5, 5.41) is 27.4. The predicted molar refractivity (Wildman–Crippen MR) is 125 cm³/mol. The highest BCUT2D eigenvalue weighted by molar-refractivity contribution is 5.76. The third kappa shape index (κ3) is 4.85. The second-order valence-corrected chi connectivity index (χ2v) is 9.54. The molecule has 2 fully saturated rings. The van der Waals surface area contributed by atoms with Crippen LogP contribution >= 0.6 is 0 Å². The molecule has 1 aromatic carbocycles. The monoisotopic (exact) mass is 465 g/mol. The van der Waals surface area contributed by atoms with Crippen molar-refractivity contribution in [1.29, 1.82) is 5.26 Å². The van der Waals surface area contributed by atoms with Gasteiger partial charge in [-0.3, -0.25) is 10.1 Å². The van der Waals surface area contributed by atoms with E-state index in [9.17, 15) is 20.2 Å². The number of nitro groups is 1. The Kier molecular flexibility index (Phi) is 6.24. The number of ether oxygens (including phenoxy) is 1. The second-order valence-electron chi connectivity index (χ2n) is 9.54. The van der Waals surface area contributed by atoms with Crippen molar-refractivity contribution in [2.75, 3.05) is 10.6 Å². The molecule has 2 aliphatic rings. The quantitative estimate of drug-likeness (QED) is 0.486. The van der Waals surface area contributed by atoms with Crippen LogP contribution in [0.5, 0.6) is 0 Å². The zero-order valence-corrected chi connectivity index (χ0v) is 19.3. The molecule has 2 aromatic rings. The summed E-state index contributed by atoms with van der Waals surface area (Å²) in [6.45, 7) is 5.53. The summed E-state index contributed by atoms with van der Waals surface area (Å²) in [6.07, 6.45) is 3.94. The molecular formula is C23H27N7O4. The van der Waals surface area contributed by atoms with Crippen molar-refractivity contribution in [2.24, 2.45) is 0 Å². The van der Waals surface area contributed by atoms with Gasteiger partial charge in [0, 0.05) is 18.1 Å². The van der Waals surface area contributed by atoms with Crippen LogP contribution in [0.2, 0.25) is 0 Å². The number of piperidine rings is 1. The standard InChI is InChI=1S/C23H27N7O4/c1-23(2,3)34-22(31)29-16-8-9-17(29)11-15(10-16)27-20-19(30(32)33)21(26-13-25-20)28-18-7-5-4-6-14(18)12-24/h4-7,13,15-17H,8-11H2,1-3H3,(H2,25,26,27,28)/t16-,17-/m1/s1. The fourth-order valence-corrected chi connectivity index (χ4v) is 4.67. The van der Waals surface area contributed by atoms with Crippen molar-refractivity contribution in [3.63, 3.8) is 0 Å². The van der Waals surface area contributed by atoms with Crippen LogP contribution in [0.3, 0.4) is 0 Å². The van der Waals surface area contributed by atoms with Crippen molar-refractivity contribution in [3.8, 4) is 6.07 Å². The van der Waals surface area contributed by atoms with Gasteiger partial charge in [-0.1, -0.05) is 12.1 Å². The molecule has 11 nitrogen and oxygen atoms in total. The summed E-state index contributed by atoms with van der Waals surface area (Å²) in [6, 6.07) is 8.68. The molecule has 11 heteroatoms. The molecule has 2 saturated heterocycles. The van der Waals surface area contributed by atoms with E-state index < -0.39 is 10.5 Å². The van der Waals surface area contributed by atoms with Gasteiger partial charge in [-0.15, -0.1) is 0 Å². The first-order valence-corrected chi connectivity index (χ1v) is 11.2. The first-order valence-electron chi connectivity index (χ1n) is 11.2. The van der Waals surface area contributed by atoms with Crippen LogP contribution in [0, 0.1) is 21.4 Å². The van der Waals surface area contributed by atoms with Gasteiger partial charge in [0.2, 0.25) is 11.6 Å². The van der Waals surface area contributed by atoms with Crippen molar-refractivity contribution in [2.45, 2.75) is 70.2 Å². The van der Waals surface area contributed by atoms with Crippen LogP contribution in [-0.2, 0) is 4.74 Å². The summed E-state index contributed by atoms with van der Waals surface area (Å²) < 4.78 is 5.58. The first-order chi connectivity index (χ1) is 16.2. The number of amides is 1. The van der Waals surface area contributed by atoms with Gasteiger partial charge in [-0.2, -0.15) is 5.26 Å². The number of benzene rings is 1. The van der Waals surface area contributed by atoms with Crippen molar-refractivity contribution in [3.05, 3.63) is 46.3 Å². The summed E-state index contributed by atoms with van der Waals surface area (Å²) in [4.78, 5) is 34.1. The van der Waals surface area contributed by atoms with Crippen LogP contribution in [0.25, 0.3) is 0 Å². The molecule has 2 atom stereocenters. The van der Waals surface area contributed by atoms with Crippen LogP contribution in [-0.4, -0.2) is 49.6 Å². The number of aromatic nitrogens is 2. The van der Waals surface area contributed by atoms with E-state index in [4.69, 9.17) is 4.74 Å². The van der Waals surface area contributed by atoms with E-state index in [1.807, 2.05) is 25.7 Å². The number of anilines is 3. The van der Waals surface area contributed by atoms with Crippen LogP contribution < -0.4 is 10.6 Å². The number of hydrogen-bond acceptors (Lipinski definition) is 9. The highest BCUT2D eigenvalue weighted by Crippen LogP contribution is 2.39. The summed E-state index contributed by atoms with van der Waals surface area (Å²) >= 11 is 0. The molecule has 2 N–H and O–H groups in total. The maximum Gasteiger partial charge on any atom is 0.410 e. The molecule has 2 bridgehead atoms. The molecule has 0 spiro atoms. The number of nitrogens with zero attached hydrogens (tertiary/aromatic N) is 5. The molecule has 3 heterocycles. The number of hydrogen-bond donors (Lipinski definition) is 2. The van der Waals surface area contributed by atoms with Gasteiger partial charge in [0.05, 0.1) is 16.2 Å². The first kappa shape index (κ1) is 23.2. The number of nitrogens with one attached hydrogen (secondary N) is 2. The normalized spacial score (nSPS) is 21.5. The van der Waals surface area contributed by atoms with Gasteiger partial charge in [-0.25, -0.2) is 14.8 Å². The molecule has 0 radical (unpaired) electrons. The largest absolute Gasteiger partial charge is 0.444 e. The summed E-state index contributed by atoms with van der Waals surface area (Å²) in [7, 11) is 0. The number of nitriles is 1. The summed E-state index contributed by atoms with van der Waals surface area (Å²) in [5.41, 5.74) is -0.101. The lowest BCUT2D eigenvalue weighted by Gasteiger charge is -2.39. The minimum absolute atomic E-state index is 0.000590. The molecule has 1 aromatic heterocycles. The van der Waals surface area contributed by atoms with Gasteiger partial charge in [0.15, 0.2) is 0 Å². The van der Waals surface area contributed by atoms with Gasteiger partial charge in [0.25, 0.3) is 0 Å². The van der Waals surface area contributed by atoms with E-state index in [1.165, 1.54) is 6.33 Å². The lowest BCUT2D eigenvalue weighted by molar-refractivity contribution is -0.383. The number of carbonyl (C=O) groups excluding carboxylic acids is 1. The van der Waals surface area contributed by atoms with Crippen molar-refractivity contribution in [1.82, 2.24) is 14.9 Å². The van der Waals surface area contributed by atoms with Gasteiger partial charge < -0.3 is 20.3 Å². The number of fused-ring (bicyclic) bond motifs is 2. The average molecular weight is 466 g/mol. The van der Waals surface area contributed by atoms with Crippen LogP contribution in [0.15, 0.2) is 30.6 Å². The van der Waals surface area contributed by atoms with E-state index in [-0.39, 0.29) is 41.5 Å². The highest BCUT2D eigenvalue weighted by Gasteiger charge is 2.45. The maximum absolute atomic E-state index is 12.7. The molecule has 2 aliphatic heterocycles. The minimum Gasteiger partial charge on any atom is -0.444 e. The Morgan fingerprint density at radius 3 is 2.47 bits per heavy atom. The zero-order valence-electron chi connectivity index (χ0n) is 19.3. The molecule has 0 saturated carbocycles. The van der Waals surface area contributed by atoms with E-state index in [0.29, 0.717) is 24.1 Å². The Hall–Kier alpha value is -3.94. The molecular weight excluding hydrogens is 438 g/mol. The van der Waals surface area contributed by atoms with Crippen molar-refractivity contribution >= 4 is 29.1 Å². The van der Waals surface area contributed by atoms with Gasteiger partial charge in [-0.05, 0) is 58.6 Å². The Morgan fingerprint density at radius 1 is 1.21 bits per heavy atom. The van der Waals surface area contributed by atoms with Crippen LogP contribution in [0.4, 0.5) is 27.8 Å².